The molecule has 2 aromatic carbocycles. The molecule has 0 spiro atoms. The summed E-state index contributed by atoms with van der Waals surface area (Å²) in [6.45, 7) is 2.69. The number of methoxy groups -OCH3 is 2. The second-order valence-corrected chi connectivity index (χ2v) is 8.03. The molecule has 1 saturated carbocycles. The van der Waals surface area contributed by atoms with E-state index < -0.39 is 11.3 Å². The number of hydrogen-bond acceptors (Lipinski definition) is 5. The highest BCUT2D eigenvalue weighted by molar-refractivity contribution is 5.42. The van der Waals surface area contributed by atoms with Crippen LogP contribution in [0.3, 0.4) is 0 Å². The zero-order chi connectivity index (χ0) is 22.1. The van der Waals surface area contributed by atoms with E-state index in [-0.39, 0.29) is 6.42 Å². The topological polar surface area (TPSA) is 47.5 Å². The standard InChI is InChI=1S/C24H25F2N3O2/c1-23(16-24(23,25)26)21-12-28-22(13-27-21)29(14-17-4-8-19(30-2)9-5-17)15-18-6-10-20(31-3)11-7-18/h4-13H,14-16H2,1-3H3. The molecule has 1 unspecified atom stereocenters. The van der Waals surface area contributed by atoms with Gasteiger partial charge in [0.1, 0.15) is 17.3 Å². The lowest BCUT2D eigenvalue weighted by molar-refractivity contribution is 0.0909. The Morgan fingerprint density at radius 2 is 1.32 bits per heavy atom. The van der Waals surface area contributed by atoms with Crippen molar-refractivity contribution in [1.29, 1.82) is 0 Å². The molecule has 1 aliphatic rings. The Balaban J connectivity index is 1.59. The molecule has 0 amide bonds. The highest BCUT2D eigenvalue weighted by Gasteiger charge is 2.69. The van der Waals surface area contributed by atoms with Gasteiger partial charge in [0.15, 0.2) is 0 Å². The maximum atomic E-state index is 13.7. The fraction of sp³-hybridized carbons (Fsp3) is 0.333. The highest BCUT2D eigenvalue weighted by Crippen LogP contribution is 2.60. The molecule has 4 rings (SSSR count). The largest absolute Gasteiger partial charge is 0.497 e. The summed E-state index contributed by atoms with van der Waals surface area (Å²) in [6.07, 6.45) is 2.88. The van der Waals surface area contributed by atoms with Crippen LogP contribution in [-0.4, -0.2) is 30.1 Å². The van der Waals surface area contributed by atoms with E-state index in [1.54, 1.807) is 20.4 Å². The normalized spacial score (nSPS) is 19.0. The van der Waals surface area contributed by atoms with E-state index >= 15 is 0 Å². The first-order valence-corrected chi connectivity index (χ1v) is 10.1. The summed E-state index contributed by atoms with van der Waals surface area (Å²) < 4.78 is 37.9. The molecule has 1 aliphatic carbocycles. The minimum atomic E-state index is -2.71. The van der Waals surface area contributed by atoms with Gasteiger partial charge in [-0.1, -0.05) is 24.3 Å². The van der Waals surface area contributed by atoms with Crippen molar-refractivity contribution in [3.63, 3.8) is 0 Å². The molecule has 31 heavy (non-hydrogen) atoms. The molecule has 1 fully saturated rings. The van der Waals surface area contributed by atoms with Gasteiger partial charge in [-0.2, -0.15) is 0 Å². The van der Waals surface area contributed by atoms with Crippen LogP contribution in [0.5, 0.6) is 11.5 Å². The van der Waals surface area contributed by atoms with E-state index in [1.165, 1.54) is 13.1 Å². The van der Waals surface area contributed by atoms with Crippen LogP contribution in [0, 0.1) is 0 Å². The van der Waals surface area contributed by atoms with Crippen molar-refractivity contribution in [3.8, 4) is 11.5 Å². The van der Waals surface area contributed by atoms with Crippen molar-refractivity contribution < 1.29 is 18.3 Å². The molecule has 0 radical (unpaired) electrons. The van der Waals surface area contributed by atoms with Gasteiger partial charge in [0.25, 0.3) is 5.92 Å². The Morgan fingerprint density at radius 3 is 1.68 bits per heavy atom. The number of aromatic nitrogens is 2. The number of alkyl halides is 2. The van der Waals surface area contributed by atoms with Gasteiger partial charge in [0.2, 0.25) is 0 Å². The predicted octanol–water partition coefficient (Wildman–Crippen LogP) is 5.00. The van der Waals surface area contributed by atoms with E-state index in [0.717, 1.165) is 22.6 Å². The highest BCUT2D eigenvalue weighted by atomic mass is 19.3. The Morgan fingerprint density at radius 1 is 0.839 bits per heavy atom. The number of halogens is 2. The predicted molar refractivity (Wildman–Crippen MR) is 115 cm³/mol. The Hall–Kier alpha value is -3.22. The molecular weight excluding hydrogens is 400 g/mol. The maximum Gasteiger partial charge on any atom is 0.260 e. The van der Waals surface area contributed by atoms with Crippen LogP contribution in [0.25, 0.3) is 0 Å². The molecule has 5 nitrogen and oxygen atoms in total. The van der Waals surface area contributed by atoms with Crippen LogP contribution in [0.4, 0.5) is 14.6 Å². The van der Waals surface area contributed by atoms with Gasteiger partial charge in [-0.05, 0) is 42.3 Å². The molecule has 0 saturated heterocycles. The van der Waals surface area contributed by atoms with Crippen molar-refractivity contribution in [2.75, 3.05) is 19.1 Å². The van der Waals surface area contributed by atoms with Crippen molar-refractivity contribution >= 4 is 5.82 Å². The average molecular weight is 425 g/mol. The van der Waals surface area contributed by atoms with Gasteiger partial charge in [-0.3, -0.25) is 4.98 Å². The van der Waals surface area contributed by atoms with Gasteiger partial charge >= 0.3 is 0 Å². The van der Waals surface area contributed by atoms with Crippen molar-refractivity contribution in [1.82, 2.24) is 9.97 Å². The molecule has 0 aliphatic heterocycles. The third kappa shape index (κ3) is 4.31. The van der Waals surface area contributed by atoms with Crippen molar-refractivity contribution in [2.45, 2.75) is 37.8 Å². The summed E-state index contributed by atoms with van der Waals surface area (Å²) in [5, 5.41) is 0. The smallest absolute Gasteiger partial charge is 0.260 e. The van der Waals surface area contributed by atoms with Crippen LogP contribution in [0.2, 0.25) is 0 Å². The average Bonchev–Trinajstić information content (AvgIpc) is 3.32. The van der Waals surface area contributed by atoms with E-state index in [9.17, 15) is 8.78 Å². The summed E-state index contributed by atoms with van der Waals surface area (Å²) in [6, 6.07) is 15.6. The SMILES string of the molecule is COc1ccc(CN(Cc2ccc(OC)cc2)c2cnc(C3(C)CC3(F)F)cn2)cc1. The lowest BCUT2D eigenvalue weighted by Gasteiger charge is -2.24. The Labute approximate surface area is 180 Å². The molecule has 3 aromatic rings. The minimum absolute atomic E-state index is 0.185. The monoisotopic (exact) mass is 425 g/mol. The first kappa shape index (κ1) is 21.0. The molecule has 1 atom stereocenters. The summed E-state index contributed by atoms with van der Waals surface area (Å²) in [4.78, 5) is 10.9. The van der Waals surface area contributed by atoms with Gasteiger partial charge in [0.05, 0.1) is 37.7 Å². The molecule has 162 valence electrons. The van der Waals surface area contributed by atoms with E-state index in [2.05, 4.69) is 14.9 Å². The van der Waals surface area contributed by atoms with E-state index in [4.69, 9.17) is 9.47 Å². The number of ether oxygens (including phenoxy) is 2. The number of rotatable bonds is 8. The van der Waals surface area contributed by atoms with Crippen LogP contribution >= 0.6 is 0 Å². The van der Waals surface area contributed by atoms with Gasteiger partial charge in [-0.25, -0.2) is 13.8 Å². The number of nitrogens with zero attached hydrogens (tertiary/aromatic N) is 3. The molecule has 1 aromatic heterocycles. The lowest BCUT2D eigenvalue weighted by Crippen LogP contribution is -2.24. The minimum Gasteiger partial charge on any atom is -0.497 e. The molecule has 0 N–H and O–H groups in total. The second-order valence-electron chi connectivity index (χ2n) is 8.03. The molecule has 1 heterocycles. The van der Waals surface area contributed by atoms with Crippen LogP contribution < -0.4 is 14.4 Å². The van der Waals surface area contributed by atoms with Gasteiger partial charge < -0.3 is 14.4 Å². The van der Waals surface area contributed by atoms with Gasteiger partial charge in [0, 0.05) is 19.5 Å². The summed E-state index contributed by atoms with van der Waals surface area (Å²) >= 11 is 0. The first-order valence-electron chi connectivity index (χ1n) is 10.1. The lowest BCUT2D eigenvalue weighted by atomic mass is 10.1. The maximum absolute atomic E-state index is 13.7. The van der Waals surface area contributed by atoms with Crippen LogP contribution in [0.1, 0.15) is 30.2 Å². The van der Waals surface area contributed by atoms with E-state index in [0.29, 0.717) is 24.6 Å². The fourth-order valence-electron chi connectivity index (χ4n) is 3.57. The molecular formula is C24H25F2N3O2. The molecule has 7 heteroatoms. The van der Waals surface area contributed by atoms with Gasteiger partial charge in [-0.15, -0.1) is 0 Å². The summed E-state index contributed by atoms with van der Waals surface area (Å²) in [5.74, 6) is -0.515. The first-order chi connectivity index (χ1) is 14.8. The fourth-order valence-corrected chi connectivity index (χ4v) is 3.57. The Bertz CT molecular complexity index is 975. The third-order valence-electron chi connectivity index (χ3n) is 5.85. The zero-order valence-electron chi connectivity index (χ0n) is 17.8. The third-order valence-corrected chi connectivity index (χ3v) is 5.85. The zero-order valence-corrected chi connectivity index (χ0v) is 17.8. The number of anilines is 1. The van der Waals surface area contributed by atoms with E-state index in [1.807, 2.05) is 48.5 Å². The second kappa shape index (κ2) is 8.13. The quantitative estimate of drug-likeness (QED) is 0.508. The Kier molecular flexibility index (Phi) is 5.52. The number of hydrogen-bond donors (Lipinski definition) is 0. The van der Waals surface area contributed by atoms with Crippen molar-refractivity contribution in [2.24, 2.45) is 0 Å². The summed E-state index contributed by atoms with van der Waals surface area (Å²) in [5.41, 5.74) is 1.26. The number of benzene rings is 2. The molecule has 0 bridgehead atoms. The summed E-state index contributed by atoms with van der Waals surface area (Å²) in [7, 11) is 3.26. The van der Waals surface area contributed by atoms with Crippen LogP contribution in [0.15, 0.2) is 60.9 Å². The van der Waals surface area contributed by atoms with Crippen molar-refractivity contribution in [3.05, 3.63) is 77.7 Å². The van der Waals surface area contributed by atoms with Crippen LogP contribution in [-0.2, 0) is 18.5 Å².